The van der Waals surface area contributed by atoms with E-state index in [-0.39, 0.29) is 6.04 Å². The number of hydrogen-bond acceptors (Lipinski definition) is 4. The summed E-state index contributed by atoms with van der Waals surface area (Å²) in [5, 5.41) is 15.0. The van der Waals surface area contributed by atoms with Crippen molar-refractivity contribution in [2.75, 3.05) is 7.05 Å². The van der Waals surface area contributed by atoms with Crippen molar-refractivity contribution < 1.29 is 0 Å². The van der Waals surface area contributed by atoms with Gasteiger partial charge in [0.15, 0.2) is 5.82 Å². The van der Waals surface area contributed by atoms with Crippen molar-refractivity contribution in [1.29, 1.82) is 0 Å². The van der Waals surface area contributed by atoms with Gasteiger partial charge in [0.1, 0.15) is 0 Å². The van der Waals surface area contributed by atoms with Crippen LogP contribution in [0.1, 0.15) is 64.2 Å². The van der Waals surface area contributed by atoms with Crippen LogP contribution in [0.3, 0.4) is 0 Å². The van der Waals surface area contributed by atoms with Gasteiger partial charge >= 0.3 is 0 Å². The predicted octanol–water partition coefficient (Wildman–Crippen LogP) is 2.31. The molecular weight excluding hydrogens is 214 g/mol. The number of unbranched alkanes of at least 4 members (excludes halogenated alkanes) is 5. The Balaban J connectivity index is 2.24. The first-order valence-corrected chi connectivity index (χ1v) is 6.73. The van der Waals surface area contributed by atoms with Crippen molar-refractivity contribution in [3.63, 3.8) is 0 Å². The molecule has 1 aromatic rings. The van der Waals surface area contributed by atoms with Crippen LogP contribution in [0, 0.1) is 0 Å². The molecule has 0 radical (unpaired) electrons. The lowest BCUT2D eigenvalue weighted by Gasteiger charge is -2.09. The molecule has 0 saturated heterocycles. The van der Waals surface area contributed by atoms with Crippen molar-refractivity contribution >= 4 is 0 Å². The molecule has 0 aliphatic carbocycles. The second-order valence-corrected chi connectivity index (χ2v) is 4.54. The topological polar surface area (TPSA) is 55.6 Å². The molecule has 5 heteroatoms. The molecule has 0 spiro atoms. The van der Waals surface area contributed by atoms with Crippen LogP contribution in [0.4, 0.5) is 0 Å². The summed E-state index contributed by atoms with van der Waals surface area (Å²) in [6.45, 7) is 5.25. The van der Waals surface area contributed by atoms with Gasteiger partial charge in [-0.15, -0.1) is 5.10 Å². The average molecular weight is 239 g/mol. The minimum atomic E-state index is 0.213. The summed E-state index contributed by atoms with van der Waals surface area (Å²) in [4.78, 5) is 0. The third-order valence-electron chi connectivity index (χ3n) is 3.10. The summed E-state index contributed by atoms with van der Waals surface area (Å²) in [7, 11) is 1.93. The second kappa shape index (κ2) is 8.17. The van der Waals surface area contributed by atoms with Crippen LogP contribution in [0.5, 0.6) is 0 Å². The number of aromatic nitrogens is 4. The lowest BCUT2D eigenvalue weighted by Crippen LogP contribution is -2.18. The van der Waals surface area contributed by atoms with Gasteiger partial charge in [0.2, 0.25) is 0 Å². The Morgan fingerprint density at radius 1 is 1.18 bits per heavy atom. The van der Waals surface area contributed by atoms with E-state index in [1.807, 2.05) is 11.7 Å². The minimum Gasteiger partial charge on any atom is -0.311 e. The molecule has 1 heterocycles. The van der Waals surface area contributed by atoms with Gasteiger partial charge in [-0.1, -0.05) is 39.0 Å². The van der Waals surface area contributed by atoms with E-state index in [0.29, 0.717) is 0 Å². The van der Waals surface area contributed by atoms with E-state index in [2.05, 4.69) is 34.7 Å². The van der Waals surface area contributed by atoms with Crippen molar-refractivity contribution in [3.8, 4) is 0 Å². The molecule has 0 aliphatic heterocycles. The van der Waals surface area contributed by atoms with Gasteiger partial charge in [0.25, 0.3) is 0 Å². The van der Waals surface area contributed by atoms with Crippen molar-refractivity contribution in [1.82, 2.24) is 25.5 Å². The number of nitrogens with zero attached hydrogens (tertiary/aromatic N) is 4. The molecule has 0 amide bonds. The Bertz CT molecular complexity index is 297. The molecule has 5 nitrogen and oxygen atoms in total. The molecule has 0 fully saturated rings. The second-order valence-electron chi connectivity index (χ2n) is 4.54. The van der Waals surface area contributed by atoms with E-state index in [9.17, 15) is 0 Å². The minimum absolute atomic E-state index is 0.213. The van der Waals surface area contributed by atoms with Gasteiger partial charge in [-0.25, -0.2) is 4.68 Å². The predicted molar refractivity (Wildman–Crippen MR) is 68.7 cm³/mol. The fraction of sp³-hybridized carbons (Fsp3) is 0.917. The normalized spacial score (nSPS) is 12.9. The molecular formula is C12H25N5. The van der Waals surface area contributed by atoms with E-state index in [1.165, 1.54) is 32.1 Å². The highest BCUT2D eigenvalue weighted by Gasteiger charge is 2.11. The fourth-order valence-electron chi connectivity index (χ4n) is 1.85. The molecule has 0 aliphatic rings. The van der Waals surface area contributed by atoms with Crippen molar-refractivity contribution in [2.45, 2.75) is 65.0 Å². The van der Waals surface area contributed by atoms with E-state index in [1.54, 1.807) is 0 Å². The number of aryl methyl sites for hydroxylation is 1. The molecule has 1 unspecified atom stereocenters. The van der Waals surface area contributed by atoms with Gasteiger partial charge < -0.3 is 5.32 Å². The Labute approximate surface area is 104 Å². The third kappa shape index (κ3) is 4.81. The van der Waals surface area contributed by atoms with Crippen molar-refractivity contribution in [2.24, 2.45) is 0 Å². The Morgan fingerprint density at radius 3 is 2.59 bits per heavy atom. The lowest BCUT2D eigenvalue weighted by molar-refractivity contribution is 0.477. The van der Waals surface area contributed by atoms with Crippen LogP contribution in [-0.2, 0) is 6.54 Å². The monoisotopic (exact) mass is 239 g/mol. The van der Waals surface area contributed by atoms with Gasteiger partial charge in [-0.05, 0) is 30.8 Å². The summed E-state index contributed by atoms with van der Waals surface area (Å²) in [6, 6.07) is 0.213. The highest BCUT2D eigenvalue weighted by atomic mass is 15.5. The SMILES string of the molecule is CCCCCCCCn1nnnc1C(C)NC. The zero-order chi connectivity index (χ0) is 12.5. The summed E-state index contributed by atoms with van der Waals surface area (Å²) in [6.07, 6.45) is 7.77. The average Bonchev–Trinajstić information content (AvgIpc) is 2.81. The summed E-state index contributed by atoms with van der Waals surface area (Å²) in [5.74, 6) is 0.932. The molecule has 0 saturated carbocycles. The van der Waals surface area contributed by atoms with Crippen LogP contribution in [-0.4, -0.2) is 27.3 Å². The van der Waals surface area contributed by atoms with Crippen molar-refractivity contribution in [3.05, 3.63) is 5.82 Å². The van der Waals surface area contributed by atoms with Crippen LogP contribution < -0.4 is 5.32 Å². The maximum Gasteiger partial charge on any atom is 0.167 e. The molecule has 98 valence electrons. The zero-order valence-corrected chi connectivity index (χ0v) is 11.3. The molecule has 1 atom stereocenters. The Kier molecular flexibility index (Phi) is 6.77. The fourth-order valence-corrected chi connectivity index (χ4v) is 1.85. The van der Waals surface area contributed by atoms with E-state index in [0.717, 1.165) is 18.8 Å². The maximum absolute atomic E-state index is 4.05. The summed E-state index contributed by atoms with van der Waals surface area (Å²) < 4.78 is 1.92. The molecule has 1 N–H and O–H groups in total. The molecule has 1 rings (SSSR count). The maximum atomic E-state index is 4.05. The summed E-state index contributed by atoms with van der Waals surface area (Å²) >= 11 is 0. The van der Waals surface area contributed by atoms with Gasteiger partial charge in [0, 0.05) is 6.54 Å². The van der Waals surface area contributed by atoms with Crippen LogP contribution >= 0.6 is 0 Å². The number of rotatable bonds is 9. The largest absolute Gasteiger partial charge is 0.311 e. The third-order valence-corrected chi connectivity index (χ3v) is 3.10. The Hall–Kier alpha value is -0.970. The number of nitrogens with one attached hydrogen (secondary N) is 1. The van der Waals surface area contributed by atoms with E-state index < -0.39 is 0 Å². The van der Waals surface area contributed by atoms with Gasteiger partial charge in [-0.3, -0.25) is 0 Å². The highest BCUT2D eigenvalue weighted by molar-refractivity contribution is 4.88. The molecule has 17 heavy (non-hydrogen) atoms. The molecule has 0 aromatic carbocycles. The first-order valence-electron chi connectivity index (χ1n) is 6.73. The molecule has 0 bridgehead atoms. The standard InChI is InChI=1S/C12H25N5/c1-4-5-6-7-8-9-10-17-12(11(2)13-3)14-15-16-17/h11,13H,4-10H2,1-3H3. The Morgan fingerprint density at radius 2 is 1.88 bits per heavy atom. The number of hydrogen-bond donors (Lipinski definition) is 1. The first kappa shape index (κ1) is 14.1. The van der Waals surface area contributed by atoms with E-state index >= 15 is 0 Å². The number of tetrazole rings is 1. The van der Waals surface area contributed by atoms with Crippen LogP contribution in [0.15, 0.2) is 0 Å². The van der Waals surface area contributed by atoms with E-state index in [4.69, 9.17) is 0 Å². The first-order chi connectivity index (χ1) is 8.29. The summed E-state index contributed by atoms with van der Waals surface area (Å²) in [5.41, 5.74) is 0. The van der Waals surface area contributed by atoms with Gasteiger partial charge in [-0.2, -0.15) is 0 Å². The highest BCUT2D eigenvalue weighted by Crippen LogP contribution is 2.09. The lowest BCUT2D eigenvalue weighted by atomic mass is 10.1. The quantitative estimate of drug-likeness (QED) is 0.672. The zero-order valence-electron chi connectivity index (χ0n) is 11.3. The van der Waals surface area contributed by atoms with Crippen LogP contribution in [0.25, 0.3) is 0 Å². The molecule has 1 aromatic heterocycles. The smallest absolute Gasteiger partial charge is 0.167 e. The van der Waals surface area contributed by atoms with Crippen LogP contribution in [0.2, 0.25) is 0 Å². The van der Waals surface area contributed by atoms with Gasteiger partial charge in [0.05, 0.1) is 6.04 Å².